The molecule has 0 bridgehead atoms. The first kappa shape index (κ1) is 7.98. The van der Waals surface area contributed by atoms with Crippen LogP contribution < -0.4 is 0 Å². The van der Waals surface area contributed by atoms with Crippen molar-refractivity contribution >= 4 is 11.6 Å². The van der Waals surface area contributed by atoms with Gasteiger partial charge in [0.2, 0.25) is 5.28 Å². The lowest BCUT2D eigenvalue weighted by atomic mass is 9.96. The van der Waals surface area contributed by atoms with E-state index in [-0.39, 0.29) is 0 Å². The van der Waals surface area contributed by atoms with Gasteiger partial charge in [0, 0.05) is 0 Å². The highest BCUT2D eigenvalue weighted by Crippen LogP contribution is 2.28. The number of nitrogens with zero attached hydrogens (tertiary/aromatic N) is 4. The van der Waals surface area contributed by atoms with E-state index in [1.54, 1.807) is 4.68 Å². The van der Waals surface area contributed by atoms with E-state index >= 15 is 0 Å². The fourth-order valence-electron chi connectivity index (χ4n) is 1.73. The lowest BCUT2D eigenvalue weighted by molar-refractivity contribution is 0.324. The first-order chi connectivity index (χ1) is 5.88. The molecule has 5 heteroatoms. The fraction of sp³-hybridized carbons (Fsp3) is 0.857. The molecule has 4 nitrogen and oxygen atoms in total. The van der Waals surface area contributed by atoms with E-state index in [9.17, 15) is 0 Å². The summed E-state index contributed by atoms with van der Waals surface area (Å²) >= 11 is 5.80. The van der Waals surface area contributed by atoms with E-state index in [1.165, 1.54) is 19.3 Å². The van der Waals surface area contributed by atoms with Crippen LogP contribution in [0.1, 0.15) is 38.1 Å². The third kappa shape index (κ3) is 1.43. The van der Waals surface area contributed by atoms with Crippen LogP contribution in [0.3, 0.4) is 0 Å². The third-order valence-corrected chi connectivity index (χ3v) is 2.62. The lowest BCUT2D eigenvalue weighted by Gasteiger charge is -2.20. The quantitative estimate of drug-likeness (QED) is 0.672. The molecule has 0 atom stereocenters. The summed E-state index contributed by atoms with van der Waals surface area (Å²) in [6.07, 6.45) is 6.17. The minimum atomic E-state index is 0.418. The molecule has 1 aromatic rings. The van der Waals surface area contributed by atoms with Crippen molar-refractivity contribution in [1.29, 1.82) is 0 Å². The Morgan fingerprint density at radius 3 is 2.58 bits per heavy atom. The molecule has 1 aliphatic carbocycles. The monoisotopic (exact) mass is 186 g/mol. The summed E-state index contributed by atoms with van der Waals surface area (Å²) < 4.78 is 1.74. The number of tetrazole rings is 1. The van der Waals surface area contributed by atoms with Gasteiger partial charge in [-0.1, -0.05) is 24.4 Å². The van der Waals surface area contributed by atoms with Crippen LogP contribution in [0.15, 0.2) is 0 Å². The Morgan fingerprint density at radius 1 is 1.25 bits per heavy atom. The molecule has 0 amide bonds. The average Bonchev–Trinajstić information content (AvgIpc) is 2.53. The van der Waals surface area contributed by atoms with Crippen molar-refractivity contribution in [2.24, 2.45) is 0 Å². The third-order valence-electron chi connectivity index (χ3n) is 2.37. The Balaban J connectivity index is 2.13. The minimum absolute atomic E-state index is 0.418. The fourth-order valence-corrected chi connectivity index (χ4v) is 1.94. The predicted octanol–water partition coefficient (Wildman–Crippen LogP) is 1.83. The van der Waals surface area contributed by atoms with Crippen molar-refractivity contribution in [3.63, 3.8) is 0 Å². The van der Waals surface area contributed by atoms with Gasteiger partial charge >= 0.3 is 0 Å². The second kappa shape index (κ2) is 3.39. The van der Waals surface area contributed by atoms with Crippen LogP contribution in [0.5, 0.6) is 0 Å². The molecule has 0 spiro atoms. The largest absolute Gasteiger partial charge is 0.243 e. The van der Waals surface area contributed by atoms with Crippen LogP contribution in [0, 0.1) is 0 Å². The van der Waals surface area contributed by atoms with E-state index in [0.717, 1.165) is 12.8 Å². The maximum atomic E-state index is 5.80. The molecule has 12 heavy (non-hydrogen) atoms. The second-order valence-corrected chi connectivity index (χ2v) is 3.52. The molecule has 66 valence electrons. The number of hydrogen-bond acceptors (Lipinski definition) is 3. The minimum Gasteiger partial charge on any atom is -0.213 e. The number of rotatable bonds is 1. The number of halogens is 1. The van der Waals surface area contributed by atoms with Gasteiger partial charge in [-0.15, -0.1) is 0 Å². The normalized spacial score (nSPS) is 19.8. The molecule has 0 saturated heterocycles. The standard InChI is InChI=1S/C7H11ClN4/c8-7-9-10-11-12(7)6-4-2-1-3-5-6/h6H,1-5H2. The molecule has 1 saturated carbocycles. The van der Waals surface area contributed by atoms with E-state index in [0.29, 0.717) is 11.3 Å². The predicted molar refractivity (Wildman–Crippen MR) is 44.9 cm³/mol. The summed E-state index contributed by atoms with van der Waals surface area (Å²) in [6, 6.07) is 0.432. The van der Waals surface area contributed by atoms with E-state index in [2.05, 4.69) is 15.5 Å². The molecule has 1 heterocycles. The maximum absolute atomic E-state index is 5.80. The molecule has 1 fully saturated rings. The van der Waals surface area contributed by atoms with E-state index in [4.69, 9.17) is 11.6 Å². The van der Waals surface area contributed by atoms with Gasteiger partial charge in [0.25, 0.3) is 0 Å². The topological polar surface area (TPSA) is 43.6 Å². The van der Waals surface area contributed by atoms with Crippen LogP contribution in [-0.4, -0.2) is 20.2 Å². The molecule has 0 unspecified atom stereocenters. The van der Waals surface area contributed by atoms with Crippen LogP contribution in [0.25, 0.3) is 0 Å². The Bertz CT molecular complexity index is 254. The molecule has 1 aliphatic rings. The van der Waals surface area contributed by atoms with Crippen LogP contribution in [-0.2, 0) is 0 Å². The number of hydrogen-bond donors (Lipinski definition) is 0. The first-order valence-electron chi connectivity index (χ1n) is 4.31. The van der Waals surface area contributed by atoms with Crippen molar-refractivity contribution in [2.75, 3.05) is 0 Å². The zero-order chi connectivity index (χ0) is 8.39. The van der Waals surface area contributed by atoms with Gasteiger partial charge in [0.05, 0.1) is 6.04 Å². The Kier molecular flexibility index (Phi) is 2.26. The Morgan fingerprint density at radius 2 is 2.00 bits per heavy atom. The van der Waals surface area contributed by atoms with Gasteiger partial charge < -0.3 is 0 Å². The molecule has 2 rings (SSSR count). The highest BCUT2D eigenvalue weighted by atomic mass is 35.5. The summed E-state index contributed by atoms with van der Waals surface area (Å²) in [5, 5.41) is 11.5. The maximum Gasteiger partial charge on any atom is 0.243 e. The van der Waals surface area contributed by atoms with Gasteiger partial charge in [0.15, 0.2) is 0 Å². The average molecular weight is 187 g/mol. The molecule has 0 radical (unpaired) electrons. The molecule has 0 aromatic carbocycles. The molecule has 0 N–H and O–H groups in total. The summed E-state index contributed by atoms with van der Waals surface area (Å²) in [5.74, 6) is 0. The number of aromatic nitrogens is 4. The van der Waals surface area contributed by atoms with Crippen molar-refractivity contribution < 1.29 is 0 Å². The second-order valence-electron chi connectivity index (χ2n) is 3.18. The lowest BCUT2D eigenvalue weighted by Crippen LogP contribution is -2.14. The summed E-state index contributed by atoms with van der Waals surface area (Å²) in [4.78, 5) is 0. The van der Waals surface area contributed by atoms with Crippen molar-refractivity contribution in [1.82, 2.24) is 20.2 Å². The van der Waals surface area contributed by atoms with Crippen molar-refractivity contribution in [3.05, 3.63) is 5.28 Å². The van der Waals surface area contributed by atoms with E-state index < -0.39 is 0 Å². The Hall–Kier alpha value is -0.640. The highest BCUT2D eigenvalue weighted by molar-refractivity contribution is 6.28. The molecular weight excluding hydrogens is 176 g/mol. The van der Waals surface area contributed by atoms with Crippen LogP contribution in [0.2, 0.25) is 5.28 Å². The molecular formula is C7H11ClN4. The zero-order valence-corrected chi connectivity index (χ0v) is 7.54. The highest BCUT2D eigenvalue weighted by Gasteiger charge is 2.18. The summed E-state index contributed by atoms with van der Waals surface area (Å²) in [5.41, 5.74) is 0. The summed E-state index contributed by atoms with van der Waals surface area (Å²) in [7, 11) is 0. The summed E-state index contributed by atoms with van der Waals surface area (Å²) in [6.45, 7) is 0. The zero-order valence-electron chi connectivity index (χ0n) is 6.78. The van der Waals surface area contributed by atoms with Gasteiger partial charge in [-0.05, 0) is 34.9 Å². The first-order valence-corrected chi connectivity index (χ1v) is 4.69. The van der Waals surface area contributed by atoms with E-state index in [1.807, 2.05) is 0 Å². The van der Waals surface area contributed by atoms with Gasteiger partial charge in [-0.25, -0.2) is 4.68 Å². The Labute approximate surface area is 75.9 Å². The van der Waals surface area contributed by atoms with Gasteiger partial charge in [-0.3, -0.25) is 0 Å². The SMILES string of the molecule is Clc1nnnn1C1CCCCC1. The van der Waals surface area contributed by atoms with Gasteiger partial charge in [-0.2, -0.15) is 0 Å². The van der Waals surface area contributed by atoms with Crippen molar-refractivity contribution in [3.8, 4) is 0 Å². The smallest absolute Gasteiger partial charge is 0.213 e. The van der Waals surface area contributed by atoms with Crippen LogP contribution >= 0.6 is 11.6 Å². The molecule has 0 aliphatic heterocycles. The van der Waals surface area contributed by atoms with Crippen molar-refractivity contribution in [2.45, 2.75) is 38.1 Å². The van der Waals surface area contributed by atoms with Gasteiger partial charge in [0.1, 0.15) is 0 Å². The van der Waals surface area contributed by atoms with Crippen LogP contribution in [0.4, 0.5) is 0 Å². The molecule has 1 aromatic heterocycles.